The van der Waals surface area contributed by atoms with Gasteiger partial charge in [-0.05, 0) is 41.0 Å². The van der Waals surface area contributed by atoms with Gasteiger partial charge in [-0.1, -0.05) is 72.8 Å². The minimum atomic E-state index is -0.274. The lowest BCUT2D eigenvalue weighted by molar-refractivity contribution is 0.415. The van der Waals surface area contributed by atoms with Crippen molar-refractivity contribution >= 4 is 39.5 Å². The first-order valence-electron chi connectivity index (χ1n) is 13.4. The van der Waals surface area contributed by atoms with Gasteiger partial charge in [0.25, 0.3) is 5.56 Å². The standard InChI is InChI=1S/C33H26N6O2/c1-41-26-16-17-27-29(18-26)36-32-31(27)34-21-38(33(32)40)35-20-22-12-14-25(15-13-22)39-30(24-10-6-3-7-11-24)19-28(37-39)23-8-4-2-5-9-23/h2-18,20-21,30,36H,19H2,1H3/b35-20-/t30-/m1/s1. The van der Waals surface area contributed by atoms with Crippen molar-refractivity contribution in [3.05, 3.63) is 136 Å². The lowest BCUT2D eigenvalue weighted by atomic mass is 9.98. The first-order valence-corrected chi connectivity index (χ1v) is 13.4. The van der Waals surface area contributed by atoms with Crippen LogP contribution in [0.1, 0.15) is 29.2 Å². The Hall–Kier alpha value is -5.50. The Morgan fingerprint density at radius 1 is 0.951 bits per heavy atom. The van der Waals surface area contributed by atoms with E-state index < -0.39 is 0 Å². The fourth-order valence-corrected chi connectivity index (χ4v) is 5.27. The Labute approximate surface area is 235 Å². The first-order chi connectivity index (χ1) is 20.2. The summed E-state index contributed by atoms with van der Waals surface area (Å²) in [6.45, 7) is 0. The molecule has 0 radical (unpaired) electrons. The van der Waals surface area contributed by atoms with E-state index >= 15 is 0 Å². The number of hydrogen-bond acceptors (Lipinski definition) is 6. The fraction of sp³-hybridized carbons (Fsp3) is 0.0909. The van der Waals surface area contributed by atoms with Crippen molar-refractivity contribution in [3.8, 4) is 5.75 Å². The van der Waals surface area contributed by atoms with E-state index in [4.69, 9.17) is 9.84 Å². The molecule has 8 nitrogen and oxygen atoms in total. The van der Waals surface area contributed by atoms with E-state index in [0.717, 1.165) is 39.8 Å². The summed E-state index contributed by atoms with van der Waals surface area (Å²) < 4.78 is 6.54. The van der Waals surface area contributed by atoms with Crippen LogP contribution in [0.3, 0.4) is 0 Å². The highest BCUT2D eigenvalue weighted by Gasteiger charge is 2.29. The monoisotopic (exact) mass is 538 g/mol. The molecule has 0 aliphatic carbocycles. The molecule has 0 amide bonds. The number of methoxy groups -OCH3 is 1. The molecule has 200 valence electrons. The molecular weight excluding hydrogens is 512 g/mol. The van der Waals surface area contributed by atoms with Crippen LogP contribution in [0.15, 0.2) is 124 Å². The first kappa shape index (κ1) is 24.5. The Bertz CT molecular complexity index is 1980. The summed E-state index contributed by atoms with van der Waals surface area (Å²) in [5, 5.41) is 12.4. The SMILES string of the molecule is COc1ccc2c(c1)[nH]c1c(=O)n(/N=C\c3ccc(N4N=C(c5ccccc5)C[C@@H]4c4ccccc4)cc3)cnc12. The molecule has 0 spiro atoms. The number of hydrogen-bond donors (Lipinski definition) is 1. The second kappa shape index (κ2) is 10.2. The molecule has 1 atom stereocenters. The third-order valence-corrected chi connectivity index (χ3v) is 7.39. The van der Waals surface area contributed by atoms with Gasteiger partial charge in [0.05, 0.1) is 36.3 Å². The number of hydrazone groups is 1. The molecule has 0 fully saturated rings. The van der Waals surface area contributed by atoms with E-state index in [9.17, 15) is 4.79 Å². The van der Waals surface area contributed by atoms with Gasteiger partial charge in [-0.2, -0.15) is 14.9 Å². The van der Waals surface area contributed by atoms with E-state index in [-0.39, 0.29) is 11.6 Å². The normalized spacial score (nSPS) is 15.2. The van der Waals surface area contributed by atoms with Gasteiger partial charge in [0.15, 0.2) is 0 Å². The largest absolute Gasteiger partial charge is 0.497 e. The molecule has 1 N–H and O–H groups in total. The molecule has 1 aliphatic heterocycles. The van der Waals surface area contributed by atoms with E-state index in [1.54, 1.807) is 13.3 Å². The van der Waals surface area contributed by atoms with Crippen LogP contribution in [0, 0.1) is 0 Å². The highest BCUT2D eigenvalue weighted by atomic mass is 16.5. The van der Waals surface area contributed by atoms with Gasteiger partial charge < -0.3 is 9.72 Å². The van der Waals surface area contributed by atoms with Crippen LogP contribution < -0.4 is 15.3 Å². The molecule has 41 heavy (non-hydrogen) atoms. The Balaban J connectivity index is 1.17. The number of nitrogens with one attached hydrogen (secondary N) is 1. The lowest BCUT2D eigenvalue weighted by Crippen LogP contribution is -2.18. The number of aromatic amines is 1. The molecule has 8 heteroatoms. The summed E-state index contributed by atoms with van der Waals surface area (Å²) in [6.07, 6.45) is 3.92. The van der Waals surface area contributed by atoms with E-state index in [2.05, 4.69) is 56.5 Å². The minimum Gasteiger partial charge on any atom is -0.497 e. The molecule has 4 aromatic carbocycles. The van der Waals surface area contributed by atoms with Gasteiger partial charge in [0, 0.05) is 17.9 Å². The third kappa shape index (κ3) is 4.55. The lowest BCUT2D eigenvalue weighted by Gasteiger charge is -2.24. The summed E-state index contributed by atoms with van der Waals surface area (Å²) in [4.78, 5) is 20.8. The van der Waals surface area contributed by atoms with Crippen molar-refractivity contribution < 1.29 is 4.74 Å². The summed E-state index contributed by atoms with van der Waals surface area (Å²) in [5.41, 5.74) is 6.76. The topological polar surface area (TPSA) is 87.9 Å². The average molecular weight is 539 g/mol. The second-order valence-corrected chi connectivity index (χ2v) is 9.88. The van der Waals surface area contributed by atoms with Crippen LogP contribution >= 0.6 is 0 Å². The van der Waals surface area contributed by atoms with Gasteiger partial charge in [0.2, 0.25) is 0 Å². The minimum absolute atomic E-state index is 0.0959. The summed E-state index contributed by atoms with van der Waals surface area (Å²) in [7, 11) is 1.61. The third-order valence-electron chi connectivity index (χ3n) is 7.39. The number of nitrogens with zero attached hydrogens (tertiary/aromatic N) is 5. The number of H-pyrrole nitrogens is 1. The fourth-order valence-electron chi connectivity index (χ4n) is 5.27. The summed E-state index contributed by atoms with van der Waals surface area (Å²) >= 11 is 0. The molecular formula is C33H26N6O2. The number of ether oxygens (including phenoxy) is 1. The summed E-state index contributed by atoms with van der Waals surface area (Å²) in [5.74, 6) is 0.705. The molecule has 3 heterocycles. The highest BCUT2D eigenvalue weighted by Crippen LogP contribution is 2.36. The van der Waals surface area contributed by atoms with E-state index in [1.165, 1.54) is 16.6 Å². The van der Waals surface area contributed by atoms with Crippen LogP contribution in [-0.4, -0.2) is 33.7 Å². The van der Waals surface area contributed by atoms with Gasteiger partial charge in [-0.3, -0.25) is 9.80 Å². The Morgan fingerprint density at radius 3 is 2.46 bits per heavy atom. The zero-order chi connectivity index (χ0) is 27.8. The van der Waals surface area contributed by atoms with Crippen LogP contribution in [0.4, 0.5) is 5.69 Å². The van der Waals surface area contributed by atoms with Crippen LogP contribution in [0.2, 0.25) is 0 Å². The maximum atomic E-state index is 13.1. The maximum Gasteiger partial charge on any atom is 0.298 e. The van der Waals surface area contributed by atoms with Crippen molar-refractivity contribution in [2.24, 2.45) is 10.2 Å². The second-order valence-electron chi connectivity index (χ2n) is 9.88. The molecule has 6 aromatic rings. The molecule has 7 rings (SSSR count). The van der Waals surface area contributed by atoms with Gasteiger partial charge in [0.1, 0.15) is 23.1 Å². The quantitative estimate of drug-likeness (QED) is 0.259. The number of aromatic nitrogens is 3. The van der Waals surface area contributed by atoms with Crippen LogP contribution in [0.25, 0.3) is 21.9 Å². The van der Waals surface area contributed by atoms with Crippen molar-refractivity contribution in [1.82, 2.24) is 14.6 Å². The summed E-state index contributed by atoms with van der Waals surface area (Å²) in [6, 6.07) is 34.5. The number of rotatable bonds is 6. The zero-order valence-corrected chi connectivity index (χ0v) is 22.3. The average Bonchev–Trinajstić information content (AvgIpc) is 3.64. The van der Waals surface area contributed by atoms with Gasteiger partial charge >= 0.3 is 0 Å². The maximum absolute atomic E-state index is 13.1. The molecule has 0 bridgehead atoms. The Kier molecular flexibility index (Phi) is 6.13. The Morgan fingerprint density at radius 2 is 1.71 bits per heavy atom. The molecule has 0 saturated carbocycles. The van der Waals surface area contributed by atoms with Crippen LogP contribution in [-0.2, 0) is 0 Å². The molecule has 2 aromatic heterocycles. The number of anilines is 1. The van der Waals surface area contributed by atoms with Crippen molar-refractivity contribution in [3.63, 3.8) is 0 Å². The molecule has 1 aliphatic rings. The van der Waals surface area contributed by atoms with Crippen molar-refractivity contribution in [2.45, 2.75) is 12.5 Å². The van der Waals surface area contributed by atoms with Crippen molar-refractivity contribution in [2.75, 3.05) is 12.1 Å². The smallest absolute Gasteiger partial charge is 0.298 e. The van der Waals surface area contributed by atoms with Crippen LogP contribution in [0.5, 0.6) is 5.75 Å². The number of fused-ring (bicyclic) bond motifs is 3. The molecule has 0 saturated heterocycles. The van der Waals surface area contributed by atoms with Crippen molar-refractivity contribution in [1.29, 1.82) is 0 Å². The predicted octanol–water partition coefficient (Wildman–Crippen LogP) is 6.12. The predicted molar refractivity (Wildman–Crippen MR) is 163 cm³/mol. The van der Waals surface area contributed by atoms with Gasteiger partial charge in [-0.15, -0.1) is 0 Å². The zero-order valence-electron chi connectivity index (χ0n) is 22.3. The molecule has 0 unspecified atom stereocenters. The van der Waals surface area contributed by atoms with E-state index in [0.29, 0.717) is 16.8 Å². The number of benzene rings is 4. The van der Waals surface area contributed by atoms with E-state index in [1.807, 2.05) is 66.7 Å². The van der Waals surface area contributed by atoms with Gasteiger partial charge in [-0.25, -0.2) is 4.98 Å². The highest BCUT2D eigenvalue weighted by molar-refractivity contribution is 6.05.